The van der Waals surface area contributed by atoms with E-state index in [-0.39, 0.29) is 58.3 Å². The van der Waals surface area contributed by atoms with E-state index in [1.54, 1.807) is 12.1 Å². The van der Waals surface area contributed by atoms with Crippen LogP contribution in [-0.2, 0) is 9.47 Å². The number of hydrogen-bond donors (Lipinski definition) is 4. The Hall–Kier alpha value is -3.23. The number of rotatable bonds is 9. The van der Waals surface area contributed by atoms with Crippen LogP contribution in [0, 0.1) is 0 Å². The average Bonchev–Trinajstić information content (AvgIpc) is 3.46. The van der Waals surface area contributed by atoms with E-state index in [4.69, 9.17) is 9.47 Å². The highest BCUT2D eigenvalue weighted by Crippen LogP contribution is 2.46. The van der Waals surface area contributed by atoms with E-state index in [2.05, 4.69) is 32.2 Å². The normalized spacial score (nSPS) is 20.8. The number of amides is 1. The lowest BCUT2D eigenvalue weighted by Gasteiger charge is -2.30. The SMILES string of the molecule is CC(C)=CCCC1(C)OC1CCC(C)(C)OCN1C(=O)c2cccc(O)c2Nc2c(O)cc(O)cc21. The first kappa shape index (κ1) is 25.9. The second-order valence-corrected chi connectivity index (χ2v) is 10.7. The molecule has 0 aromatic heterocycles. The number of aromatic hydroxyl groups is 3. The third-order valence-corrected chi connectivity index (χ3v) is 6.96. The number of carbonyl (C=O) groups is 1. The number of phenols is 3. The Morgan fingerprint density at radius 1 is 1.19 bits per heavy atom. The van der Waals surface area contributed by atoms with Crippen molar-refractivity contribution in [3.05, 3.63) is 47.5 Å². The van der Waals surface area contributed by atoms with Gasteiger partial charge in [0.25, 0.3) is 5.91 Å². The number of nitrogens with one attached hydrogen (secondary N) is 1. The minimum atomic E-state index is -0.562. The van der Waals surface area contributed by atoms with Crippen molar-refractivity contribution in [2.75, 3.05) is 16.9 Å². The quantitative estimate of drug-likeness (QED) is 0.147. The molecule has 0 radical (unpaired) electrons. The molecule has 2 atom stereocenters. The molecule has 2 heterocycles. The number of benzene rings is 2. The summed E-state index contributed by atoms with van der Waals surface area (Å²) in [4.78, 5) is 14.9. The van der Waals surface area contributed by atoms with Crippen molar-refractivity contribution in [2.24, 2.45) is 0 Å². The smallest absolute Gasteiger partial charge is 0.262 e. The summed E-state index contributed by atoms with van der Waals surface area (Å²) < 4.78 is 12.2. The van der Waals surface area contributed by atoms with Gasteiger partial charge in [0, 0.05) is 12.1 Å². The number of phenolic OH excluding ortho intramolecular Hbond substituents is 3. The lowest BCUT2D eigenvalue weighted by molar-refractivity contribution is -0.0238. The standard InChI is InChI=1S/C28H36N2O6/c1-17(2)8-7-12-28(5)23(36-28)11-13-27(3,4)35-16-30-20-14-18(31)15-22(33)25(20)29-24-19(26(30)34)9-6-10-21(24)32/h6,8-10,14-15,23,29,31-33H,7,11-13,16H2,1-5H3. The van der Waals surface area contributed by atoms with Crippen LogP contribution in [0.2, 0.25) is 0 Å². The van der Waals surface area contributed by atoms with Gasteiger partial charge in [0.15, 0.2) is 0 Å². The van der Waals surface area contributed by atoms with Crippen LogP contribution >= 0.6 is 0 Å². The number of ether oxygens (including phenoxy) is 2. The molecule has 2 aromatic rings. The maximum atomic E-state index is 13.5. The molecule has 0 bridgehead atoms. The topological polar surface area (TPSA) is 115 Å². The zero-order chi connectivity index (χ0) is 26.3. The maximum absolute atomic E-state index is 13.5. The first-order valence-corrected chi connectivity index (χ1v) is 12.3. The number of nitrogens with zero attached hydrogens (tertiary/aromatic N) is 1. The monoisotopic (exact) mass is 496 g/mol. The molecule has 4 N–H and O–H groups in total. The molecular weight excluding hydrogens is 460 g/mol. The van der Waals surface area contributed by atoms with E-state index in [0.717, 1.165) is 25.7 Å². The Balaban J connectivity index is 1.47. The van der Waals surface area contributed by atoms with Gasteiger partial charge in [-0.25, -0.2) is 0 Å². The van der Waals surface area contributed by atoms with Gasteiger partial charge < -0.3 is 30.1 Å². The van der Waals surface area contributed by atoms with Gasteiger partial charge >= 0.3 is 0 Å². The third-order valence-electron chi connectivity index (χ3n) is 6.96. The summed E-state index contributed by atoms with van der Waals surface area (Å²) in [5, 5.41) is 33.9. The molecule has 1 fully saturated rings. The first-order chi connectivity index (χ1) is 16.9. The van der Waals surface area contributed by atoms with Crippen LogP contribution in [0.5, 0.6) is 17.2 Å². The Morgan fingerprint density at radius 2 is 1.94 bits per heavy atom. The molecule has 0 saturated carbocycles. The van der Waals surface area contributed by atoms with E-state index >= 15 is 0 Å². The highest BCUT2D eigenvalue weighted by atomic mass is 16.6. The van der Waals surface area contributed by atoms with Gasteiger partial charge in [-0.2, -0.15) is 0 Å². The number of allylic oxidation sites excluding steroid dienone is 2. The molecule has 1 amide bonds. The van der Waals surface area contributed by atoms with Gasteiger partial charge in [0.2, 0.25) is 0 Å². The number of epoxide rings is 1. The molecule has 2 aliphatic rings. The molecule has 0 spiro atoms. The van der Waals surface area contributed by atoms with E-state index < -0.39 is 11.5 Å². The summed E-state index contributed by atoms with van der Waals surface area (Å²) in [5.74, 6) is -1.00. The maximum Gasteiger partial charge on any atom is 0.262 e. The Bertz CT molecular complexity index is 1190. The van der Waals surface area contributed by atoms with E-state index in [1.165, 1.54) is 28.7 Å². The second kappa shape index (κ2) is 9.67. The molecule has 4 rings (SSSR count). The highest BCUT2D eigenvalue weighted by molar-refractivity contribution is 6.15. The first-order valence-electron chi connectivity index (χ1n) is 12.3. The van der Waals surface area contributed by atoms with Crippen LogP contribution in [-0.4, -0.2) is 45.3 Å². The van der Waals surface area contributed by atoms with E-state index in [9.17, 15) is 20.1 Å². The van der Waals surface area contributed by atoms with E-state index in [1.807, 2.05) is 13.8 Å². The predicted octanol–water partition coefficient (Wildman–Crippen LogP) is 5.94. The molecule has 36 heavy (non-hydrogen) atoms. The predicted molar refractivity (Wildman–Crippen MR) is 139 cm³/mol. The van der Waals surface area contributed by atoms with E-state index in [0.29, 0.717) is 0 Å². The van der Waals surface area contributed by atoms with Crippen molar-refractivity contribution >= 4 is 23.0 Å². The van der Waals surface area contributed by atoms with Crippen LogP contribution in [0.25, 0.3) is 0 Å². The summed E-state index contributed by atoms with van der Waals surface area (Å²) in [7, 11) is 0. The largest absolute Gasteiger partial charge is 0.508 e. The second-order valence-electron chi connectivity index (χ2n) is 10.7. The van der Waals surface area contributed by atoms with Gasteiger partial charge in [0.1, 0.15) is 29.7 Å². The molecule has 2 aromatic carbocycles. The molecule has 1 saturated heterocycles. The van der Waals surface area contributed by atoms with Crippen molar-refractivity contribution in [1.82, 2.24) is 0 Å². The van der Waals surface area contributed by atoms with Crippen molar-refractivity contribution < 1.29 is 29.6 Å². The molecule has 2 unspecified atom stereocenters. The van der Waals surface area contributed by atoms with Crippen LogP contribution < -0.4 is 10.2 Å². The molecule has 8 heteroatoms. The van der Waals surface area contributed by atoms with Gasteiger partial charge in [-0.1, -0.05) is 17.7 Å². The number of carbonyl (C=O) groups excluding carboxylic acids is 1. The van der Waals surface area contributed by atoms with Crippen molar-refractivity contribution in [3.8, 4) is 17.2 Å². The summed E-state index contributed by atoms with van der Waals surface area (Å²) >= 11 is 0. The fraction of sp³-hybridized carbons (Fsp3) is 0.464. The number of para-hydroxylation sites is 1. The minimum Gasteiger partial charge on any atom is -0.508 e. The van der Waals surface area contributed by atoms with Crippen LogP contribution in [0.15, 0.2) is 42.0 Å². The molecule has 0 aliphatic carbocycles. The summed E-state index contributed by atoms with van der Waals surface area (Å²) in [6.45, 7) is 10.2. The Kier molecular flexibility index (Phi) is 6.94. The Morgan fingerprint density at radius 3 is 2.67 bits per heavy atom. The summed E-state index contributed by atoms with van der Waals surface area (Å²) in [6, 6.07) is 7.18. The lowest BCUT2D eigenvalue weighted by Crippen LogP contribution is -2.37. The molecule has 8 nitrogen and oxygen atoms in total. The minimum absolute atomic E-state index is 0.103. The lowest BCUT2D eigenvalue weighted by atomic mass is 9.94. The molecule has 194 valence electrons. The average molecular weight is 497 g/mol. The van der Waals surface area contributed by atoms with Crippen molar-refractivity contribution in [2.45, 2.75) is 77.6 Å². The third kappa shape index (κ3) is 5.44. The van der Waals surface area contributed by atoms with Crippen LogP contribution in [0.4, 0.5) is 17.1 Å². The van der Waals surface area contributed by atoms with Gasteiger partial charge in [0.05, 0.1) is 34.2 Å². The zero-order valence-electron chi connectivity index (χ0n) is 21.6. The number of anilines is 3. The Labute approximate surface area is 212 Å². The fourth-order valence-corrected chi connectivity index (χ4v) is 4.61. The summed E-state index contributed by atoms with van der Waals surface area (Å²) in [5.41, 5.74) is 1.50. The van der Waals surface area contributed by atoms with Crippen LogP contribution in [0.3, 0.4) is 0 Å². The van der Waals surface area contributed by atoms with Gasteiger partial charge in [-0.15, -0.1) is 0 Å². The molecule has 2 aliphatic heterocycles. The number of hydrogen-bond acceptors (Lipinski definition) is 7. The van der Waals surface area contributed by atoms with Gasteiger partial charge in [-0.05, 0) is 72.4 Å². The number of fused-ring (bicyclic) bond motifs is 2. The fourth-order valence-electron chi connectivity index (χ4n) is 4.61. The summed E-state index contributed by atoms with van der Waals surface area (Å²) in [6.07, 6.45) is 5.95. The zero-order valence-corrected chi connectivity index (χ0v) is 21.6. The van der Waals surface area contributed by atoms with Crippen molar-refractivity contribution in [1.29, 1.82) is 0 Å². The van der Waals surface area contributed by atoms with Crippen molar-refractivity contribution in [3.63, 3.8) is 0 Å². The highest BCUT2D eigenvalue weighted by Gasteiger charge is 2.51. The molecular formula is C28H36N2O6. The van der Waals surface area contributed by atoms with Gasteiger partial charge in [-0.3, -0.25) is 9.69 Å². The van der Waals surface area contributed by atoms with Crippen LogP contribution in [0.1, 0.15) is 70.7 Å².